The van der Waals surface area contributed by atoms with Gasteiger partial charge in [-0.2, -0.15) is 0 Å². The molecule has 0 aliphatic heterocycles. The fourth-order valence-corrected chi connectivity index (χ4v) is 2.61. The van der Waals surface area contributed by atoms with Crippen LogP contribution in [-0.4, -0.2) is 21.7 Å². The Labute approximate surface area is 174 Å². The Kier molecular flexibility index (Phi) is 14.3. The zero-order chi connectivity index (χ0) is 21.4. The first-order valence-corrected chi connectivity index (χ1v) is 10.2. The first kappa shape index (κ1) is 25.6. The summed E-state index contributed by atoms with van der Waals surface area (Å²) in [5.41, 5.74) is 2.69. The molecule has 0 saturated heterocycles. The van der Waals surface area contributed by atoms with Gasteiger partial charge in [0.1, 0.15) is 5.82 Å². The van der Waals surface area contributed by atoms with E-state index in [1.165, 1.54) is 25.7 Å². The summed E-state index contributed by atoms with van der Waals surface area (Å²) in [6.07, 6.45) is 8.96. The normalized spacial score (nSPS) is 9.32. The molecule has 1 aromatic carbocycles. The maximum atomic E-state index is 6.02. The maximum Gasteiger partial charge on any atom is 0.126 e. The van der Waals surface area contributed by atoms with Crippen molar-refractivity contribution < 1.29 is 0 Å². The van der Waals surface area contributed by atoms with Gasteiger partial charge in [-0.15, -0.1) is 0 Å². The van der Waals surface area contributed by atoms with Gasteiger partial charge in [-0.1, -0.05) is 71.6 Å². The lowest BCUT2D eigenvalue weighted by atomic mass is 10.2. The average Bonchev–Trinajstić information content (AvgIpc) is 3.17. The number of pyridine rings is 1. The molecule has 0 radical (unpaired) electrons. The summed E-state index contributed by atoms with van der Waals surface area (Å²) in [7, 11) is 0. The van der Waals surface area contributed by atoms with Gasteiger partial charge < -0.3 is 15.7 Å². The minimum atomic E-state index is 0.611. The fourth-order valence-electron chi connectivity index (χ4n) is 2.43. The van der Waals surface area contributed by atoms with E-state index in [1.807, 2.05) is 32.0 Å². The zero-order valence-corrected chi connectivity index (χ0v) is 18.4. The van der Waals surface area contributed by atoms with Gasteiger partial charge in [0.25, 0.3) is 0 Å². The predicted octanol–water partition coefficient (Wildman–Crippen LogP) is 6.88. The van der Waals surface area contributed by atoms with E-state index < -0.39 is 0 Å². The number of rotatable bonds is 6. The summed E-state index contributed by atoms with van der Waals surface area (Å²) < 4.78 is 0. The van der Waals surface area contributed by atoms with Gasteiger partial charge in [-0.25, -0.2) is 4.98 Å². The number of hydrogen-bond acceptors (Lipinski definition) is 4. The minimum absolute atomic E-state index is 0.611. The van der Waals surface area contributed by atoms with Crippen LogP contribution < -0.4 is 5.32 Å². The first-order chi connectivity index (χ1) is 13.7. The second-order valence-electron chi connectivity index (χ2n) is 5.66. The van der Waals surface area contributed by atoms with Crippen LogP contribution in [0.25, 0.3) is 21.9 Å². The van der Waals surface area contributed by atoms with Crippen LogP contribution in [-0.2, 0) is 6.54 Å². The summed E-state index contributed by atoms with van der Waals surface area (Å²) in [5.74, 6) is 0.846. The number of nitrogens with zero attached hydrogens (tertiary/aromatic N) is 2. The number of benzene rings is 1. The van der Waals surface area contributed by atoms with E-state index in [2.05, 4.69) is 47.4 Å². The Hall–Kier alpha value is -2.40. The van der Waals surface area contributed by atoms with Crippen molar-refractivity contribution in [1.29, 1.82) is 5.41 Å². The van der Waals surface area contributed by atoms with Gasteiger partial charge in [0, 0.05) is 10.4 Å². The lowest BCUT2D eigenvalue weighted by Crippen LogP contribution is -2.04. The fraction of sp³-hybridized carbons (Fsp3) is 0.409. The third kappa shape index (κ3) is 8.09. The smallest absolute Gasteiger partial charge is 0.126 e. The van der Waals surface area contributed by atoms with E-state index in [0.717, 1.165) is 27.8 Å². The number of aromatic nitrogens is 3. The molecule has 2 heterocycles. The van der Waals surface area contributed by atoms with Gasteiger partial charge in [0.05, 0.1) is 29.3 Å². The highest BCUT2D eigenvalue weighted by molar-refractivity contribution is 6.31. The molecule has 3 N–H and O–H groups in total. The topological polar surface area (TPSA) is 77.5 Å². The molecule has 0 bridgehead atoms. The third-order valence-corrected chi connectivity index (χ3v) is 3.93. The molecule has 0 fully saturated rings. The van der Waals surface area contributed by atoms with Crippen LogP contribution in [0.5, 0.6) is 0 Å². The lowest BCUT2D eigenvalue weighted by molar-refractivity contribution is 0.702. The van der Waals surface area contributed by atoms with Gasteiger partial charge in [-0.05, 0) is 31.1 Å². The SMILES string of the molecule is C=CNCc1nc2c(cnc3ccc(Cl)cc32)[nH]1.C=N.CC.CCCCCC. The first-order valence-electron chi connectivity index (χ1n) is 9.82. The maximum absolute atomic E-state index is 6.02. The number of hydrogen-bond donors (Lipinski definition) is 3. The monoisotopic (exact) mass is 403 g/mol. The summed E-state index contributed by atoms with van der Waals surface area (Å²) in [6.45, 7) is 15.2. The van der Waals surface area contributed by atoms with Crippen LogP contribution in [0, 0.1) is 5.41 Å². The van der Waals surface area contributed by atoms with Crippen molar-refractivity contribution in [3.63, 3.8) is 0 Å². The highest BCUT2D eigenvalue weighted by Gasteiger charge is 2.07. The van der Waals surface area contributed by atoms with E-state index in [0.29, 0.717) is 11.6 Å². The molecule has 2 aromatic heterocycles. The van der Waals surface area contributed by atoms with Crippen molar-refractivity contribution in [2.45, 2.75) is 59.9 Å². The van der Waals surface area contributed by atoms with E-state index in [1.54, 1.807) is 12.4 Å². The van der Waals surface area contributed by atoms with Gasteiger partial charge in [-0.3, -0.25) is 4.98 Å². The van der Waals surface area contributed by atoms with Crippen LogP contribution >= 0.6 is 11.6 Å². The molecule has 5 nitrogen and oxygen atoms in total. The molecule has 0 atom stereocenters. The Morgan fingerprint density at radius 2 is 1.82 bits per heavy atom. The molecule has 0 amide bonds. The summed E-state index contributed by atoms with van der Waals surface area (Å²) in [4.78, 5) is 12.1. The summed E-state index contributed by atoms with van der Waals surface area (Å²) >= 11 is 6.02. The van der Waals surface area contributed by atoms with Crippen molar-refractivity contribution in [1.82, 2.24) is 20.3 Å². The molecule has 0 aliphatic carbocycles. The molecule has 6 heteroatoms. The van der Waals surface area contributed by atoms with E-state index in [4.69, 9.17) is 17.0 Å². The molecule has 154 valence electrons. The van der Waals surface area contributed by atoms with Crippen LogP contribution in [0.1, 0.15) is 59.2 Å². The quantitative estimate of drug-likeness (QED) is 0.310. The highest BCUT2D eigenvalue weighted by Crippen LogP contribution is 2.24. The van der Waals surface area contributed by atoms with E-state index in [-0.39, 0.29) is 0 Å². The number of halogens is 1. The highest BCUT2D eigenvalue weighted by atomic mass is 35.5. The average molecular weight is 404 g/mol. The Balaban J connectivity index is 0.000000622. The lowest BCUT2D eigenvalue weighted by Gasteiger charge is -1.97. The molecule has 3 rings (SSSR count). The number of aromatic amines is 1. The largest absolute Gasteiger partial charge is 0.384 e. The molecular formula is C22H34ClN5. The predicted molar refractivity (Wildman–Crippen MR) is 124 cm³/mol. The van der Waals surface area contributed by atoms with Gasteiger partial charge >= 0.3 is 0 Å². The zero-order valence-electron chi connectivity index (χ0n) is 17.6. The van der Waals surface area contributed by atoms with E-state index in [9.17, 15) is 0 Å². The minimum Gasteiger partial charge on any atom is -0.384 e. The third-order valence-electron chi connectivity index (χ3n) is 3.70. The van der Waals surface area contributed by atoms with Crippen LogP contribution in [0.3, 0.4) is 0 Å². The van der Waals surface area contributed by atoms with Crippen molar-refractivity contribution >= 4 is 40.3 Å². The Bertz CT molecular complexity index is 809. The van der Waals surface area contributed by atoms with Crippen molar-refractivity contribution in [2.75, 3.05) is 0 Å². The van der Waals surface area contributed by atoms with E-state index >= 15 is 0 Å². The number of imidazole rings is 1. The Morgan fingerprint density at radius 3 is 2.39 bits per heavy atom. The Morgan fingerprint density at radius 1 is 1.18 bits per heavy atom. The summed E-state index contributed by atoms with van der Waals surface area (Å²) in [5, 5.41) is 10.2. The van der Waals surface area contributed by atoms with Crippen molar-refractivity contribution in [3.8, 4) is 0 Å². The molecule has 0 aliphatic rings. The van der Waals surface area contributed by atoms with Crippen LogP contribution in [0.15, 0.2) is 37.2 Å². The molecule has 0 saturated carbocycles. The van der Waals surface area contributed by atoms with Crippen molar-refractivity contribution in [3.05, 3.63) is 48.0 Å². The summed E-state index contributed by atoms with van der Waals surface area (Å²) in [6, 6.07) is 5.61. The number of fused-ring (bicyclic) bond motifs is 3. The van der Waals surface area contributed by atoms with Crippen LogP contribution in [0.2, 0.25) is 5.02 Å². The number of H-pyrrole nitrogens is 1. The van der Waals surface area contributed by atoms with Crippen LogP contribution in [0.4, 0.5) is 0 Å². The molecule has 0 unspecified atom stereocenters. The molecular weight excluding hydrogens is 370 g/mol. The molecule has 28 heavy (non-hydrogen) atoms. The standard InChI is InChI=1S/C13H11ClN4.C6H14.C2H6.CH3N/c1-2-15-7-12-17-11-6-16-10-4-3-8(14)5-9(10)13(11)18-12;1-3-5-6-4-2;2*1-2/h2-6,15H,1,7H2,(H,17,18);3-6H2,1-2H3;1-2H3;2H,1H2. The van der Waals surface area contributed by atoms with Crippen molar-refractivity contribution in [2.24, 2.45) is 0 Å². The van der Waals surface area contributed by atoms with Gasteiger partial charge in [0.2, 0.25) is 0 Å². The molecule has 3 aromatic rings. The second kappa shape index (κ2) is 15.6. The second-order valence-corrected chi connectivity index (χ2v) is 6.09. The number of unbranched alkanes of at least 4 members (excludes halogenated alkanes) is 3. The van der Waals surface area contributed by atoms with Gasteiger partial charge in [0.15, 0.2) is 0 Å². The molecule has 0 spiro atoms. The number of nitrogens with one attached hydrogen (secondary N) is 3.